The van der Waals surface area contributed by atoms with Crippen LogP contribution in [-0.2, 0) is 10.8 Å². The molecule has 2 aliphatic carbocycles. The molecule has 0 unspecified atom stereocenters. The first-order valence-electron chi connectivity index (χ1n) is 33.5. The van der Waals surface area contributed by atoms with Crippen LogP contribution in [0.5, 0.6) is 0 Å². The zero-order chi connectivity index (χ0) is 60.6. The lowest BCUT2D eigenvalue weighted by Gasteiger charge is -2.31. The van der Waals surface area contributed by atoms with Gasteiger partial charge in [-0.2, -0.15) is 0 Å². The maximum atomic E-state index is 2.61. The average Bonchev–Trinajstić information content (AvgIpc) is 1.52. The van der Waals surface area contributed by atoms with Gasteiger partial charge < -0.3 is 18.6 Å². The molecule has 442 valence electrons. The number of rotatable bonds is 10. The molecule has 0 saturated heterocycles. The van der Waals surface area contributed by atoms with Crippen LogP contribution in [0, 0.1) is 0 Å². The van der Waals surface area contributed by atoms with Gasteiger partial charge in [0, 0.05) is 65.6 Å². The lowest BCUT2D eigenvalue weighted by Crippen LogP contribution is -2.16. The highest BCUT2D eigenvalue weighted by atomic mass is 15.2. The van der Waals surface area contributed by atoms with Gasteiger partial charge >= 0.3 is 0 Å². The molecule has 0 spiro atoms. The Morgan fingerprint density at radius 3 is 1.08 bits per heavy atom. The molecule has 2 saturated carbocycles. The minimum atomic E-state index is -0.0684. The maximum absolute atomic E-state index is 2.61. The fourth-order valence-corrected chi connectivity index (χ4v) is 16.4. The van der Waals surface area contributed by atoms with E-state index in [9.17, 15) is 0 Å². The van der Waals surface area contributed by atoms with Crippen molar-refractivity contribution in [1.82, 2.24) is 8.80 Å². The molecule has 0 bridgehead atoms. The summed E-state index contributed by atoms with van der Waals surface area (Å²) in [5.74, 6) is 1.23. The van der Waals surface area contributed by atoms with E-state index in [4.69, 9.17) is 0 Å². The molecule has 17 rings (SSSR count). The van der Waals surface area contributed by atoms with Gasteiger partial charge in [0.2, 0.25) is 0 Å². The van der Waals surface area contributed by atoms with Crippen molar-refractivity contribution in [3.05, 3.63) is 253 Å². The summed E-state index contributed by atoms with van der Waals surface area (Å²) in [6.07, 6.45) is 13.1. The number of aromatic nitrogens is 2. The van der Waals surface area contributed by atoms with Crippen LogP contribution in [0.25, 0.3) is 98.4 Å². The molecule has 0 amide bonds. The Morgan fingerprint density at radius 1 is 0.311 bits per heavy atom. The van der Waals surface area contributed by atoms with Gasteiger partial charge in [-0.3, -0.25) is 0 Å². The number of fused-ring (bicyclic) bond motifs is 12. The van der Waals surface area contributed by atoms with Crippen LogP contribution >= 0.6 is 0 Å². The Kier molecular flexibility index (Phi) is 12.9. The van der Waals surface area contributed by atoms with Gasteiger partial charge in [0.1, 0.15) is 0 Å². The fourth-order valence-electron chi connectivity index (χ4n) is 16.4. The standard InChI is InChI=1S/C86H78N4/c1-85(2,3)61-39-45-65(59-27-15-9-16-28-59)77(51-61)87(63-41-35-57(36-42-63)55-23-11-7-12-24-55)75-49-47-67-71-53-80-72(54-79(71)89-73-33-21-19-31-69(73)81(75)83(67)89)68-48-50-76(82-70-32-20-22-34-74(70)90(80)84(68)82)88(64-43-37-58(38-44-64)56-25-13-8-14-26-56)78-52-62(86(4,5)6)40-46-66(78)60-29-17-10-18-30-60/h9-10,15-22,27-56H,7-8,11-14,23-26H2,1-6H3. The normalized spacial score (nSPS) is 14.9. The first-order chi connectivity index (χ1) is 43.9. The van der Waals surface area contributed by atoms with Crippen molar-refractivity contribution in [2.24, 2.45) is 0 Å². The minimum Gasteiger partial charge on any atom is -0.309 e. The van der Waals surface area contributed by atoms with Crippen LogP contribution < -0.4 is 9.80 Å². The third-order valence-electron chi connectivity index (χ3n) is 21.1. The molecular weight excluding hydrogens is 1090 g/mol. The Balaban J connectivity index is 0.914. The number of benzene rings is 11. The van der Waals surface area contributed by atoms with Crippen molar-refractivity contribution >= 4 is 110 Å². The topological polar surface area (TPSA) is 15.3 Å². The van der Waals surface area contributed by atoms with Gasteiger partial charge in [-0.1, -0.05) is 238 Å². The van der Waals surface area contributed by atoms with Crippen molar-refractivity contribution < 1.29 is 0 Å². The smallest absolute Gasteiger partial charge is 0.0641 e. The van der Waals surface area contributed by atoms with Gasteiger partial charge in [0.25, 0.3) is 0 Å². The monoisotopic (exact) mass is 1170 g/mol. The Hall–Kier alpha value is -9.38. The molecule has 2 aliphatic rings. The molecule has 0 atom stereocenters. The van der Waals surface area contributed by atoms with Crippen molar-refractivity contribution in [3.8, 4) is 22.3 Å². The van der Waals surface area contributed by atoms with Crippen LogP contribution in [0.3, 0.4) is 0 Å². The molecule has 15 aromatic rings. The van der Waals surface area contributed by atoms with Crippen molar-refractivity contribution in [1.29, 1.82) is 0 Å². The van der Waals surface area contributed by atoms with Crippen molar-refractivity contribution in [2.75, 3.05) is 9.80 Å². The predicted molar refractivity (Wildman–Crippen MR) is 385 cm³/mol. The molecule has 0 radical (unpaired) electrons. The summed E-state index contributed by atoms with van der Waals surface area (Å²) in [5.41, 5.74) is 24.8. The molecule has 90 heavy (non-hydrogen) atoms. The molecule has 0 aliphatic heterocycles. The van der Waals surface area contributed by atoms with Crippen LogP contribution in [0.2, 0.25) is 0 Å². The summed E-state index contributed by atoms with van der Waals surface area (Å²) in [4.78, 5) is 5.21. The molecular formula is C86H78N4. The Morgan fingerprint density at radius 2 is 0.689 bits per heavy atom. The summed E-state index contributed by atoms with van der Waals surface area (Å²) in [6.45, 7) is 14.0. The van der Waals surface area contributed by atoms with Crippen LogP contribution in [0.1, 0.15) is 140 Å². The van der Waals surface area contributed by atoms with Gasteiger partial charge in [-0.15, -0.1) is 0 Å². The zero-order valence-corrected chi connectivity index (χ0v) is 53.0. The first kappa shape index (κ1) is 54.7. The molecule has 4 heterocycles. The number of hydrogen-bond acceptors (Lipinski definition) is 2. The zero-order valence-electron chi connectivity index (χ0n) is 53.0. The van der Waals surface area contributed by atoms with Crippen LogP contribution in [0.4, 0.5) is 34.1 Å². The summed E-state index contributed by atoms with van der Waals surface area (Å²) >= 11 is 0. The molecule has 0 N–H and O–H groups in total. The minimum absolute atomic E-state index is 0.0684. The summed E-state index contributed by atoms with van der Waals surface area (Å²) in [6, 6.07) is 89.2. The van der Waals surface area contributed by atoms with E-state index in [0.29, 0.717) is 11.8 Å². The third kappa shape index (κ3) is 8.75. The Labute approximate surface area is 529 Å². The van der Waals surface area contributed by atoms with Gasteiger partial charge in [0.15, 0.2) is 0 Å². The lowest BCUT2D eigenvalue weighted by atomic mass is 9.84. The van der Waals surface area contributed by atoms with E-state index in [-0.39, 0.29) is 10.8 Å². The van der Waals surface area contributed by atoms with Crippen molar-refractivity contribution in [3.63, 3.8) is 0 Å². The Bertz CT molecular complexity index is 4860. The lowest BCUT2D eigenvalue weighted by molar-refractivity contribution is 0.443. The number of anilines is 6. The third-order valence-corrected chi connectivity index (χ3v) is 21.1. The molecule has 11 aromatic carbocycles. The SMILES string of the molecule is CC(C)(C)c1ccc(-c2ccccc2)c(N(c2ccc(C3CCCCC3)cc2)c2ccc3c4cc5c(cc4n4c6ccccc6c2c34)c2ccc(N(c3ccc(C4CCCCC4)cc3)c3cc(C(C)(C)C)ccc3-c3ccccc3)c3c4ccccc4n5c23)c1. The van der Waals surface area contributed by atoms with E-state index in [0.717, 1.165) is 0 Å². The van der Waals surface area contributed by atoms with E-state index in [1.165, 1.54) is 219 Å². The second-order valence-electron chi connectivity index (χ2n) is 28.5. The second kappa shape index (κ2) is 21.1. The van der Waals surface area contributed by atoms with E-state index in [2.05, 4.69) is 291 Å². The maximum Gasteiger partial charge on any atom is 0.0641 e. The first-order valence-corrected chi connectivity index (χ1v) is 33.5. The second-order valence-corrected chi connectivity index (χ2v) is 28.5. The quantitative estimate of drug-likeness (QED) is 0.136. The van der Waals surface area contributed by atoms with E-state index in [1.54, 1.807) is 0 Å². The fraction of sp³-hybridized carbons (Fsp3) is 0.233. The predicted octanol–water partition coefficient (Wildman–Crippen LogP) is 25.0. The van der Waals surface area contributed by atoms with E-state index >= 15 is 0 Å². The van der Waals surface area contributed by atoms with Gasteiger partial charge in [-0.25, -0.2) is 0 Å². The highest BCUT2D eigenvalue weighted by Crippen LogP contribution is 2.54. The van der Waals surface area contributed by atoms with Gasteiger partial charge in [-0.05, 0) is 155 Å². The molecule has 4 heteroatoms. The van der Waals surface area contributed by atoms with Gasteiger partial charge in [0.05, 0.1) is 55.8 Å². The highest BCUT2D eigenvalue weighted by molar-refractivity contribution is 6.32. The molecule has 2 fully saturated rings. The van der Waals surface area contributed by atoms with Crippen LogP contribution in [0.15, 0.2) is 231 Å². The van der Waals surface area contributed by atoms with Crippen molar-refractivity contribution in [2.45, 2.75) is 128 Å². The number of para-hydroxylation sites is 2. The number of nitrogens with zero attached hydrogens (tertiary/aromatic N) is 4. The molecule has 4 aromatic heterocycles. The van der Waals surface area contributed by atoms with Crippen LogP contribution in [-0.4, -0.2) is 8.80 Å². The number of hydrogen-bond donors (Lipinski definition) is 0. The van der Waals surface area contributed by atoms with E-state index < -0.39 is 0 Å². The summed E-state index contributed by atoms with van der Waals surface area (Å²) < 4.78 is 5.22. The summed E-state index contributed by atoms with van der Waals surface area (Å²) in [5, 5.41) is 10.1. The largest absolute Gasteiger partial charge is 0.309 e. The average molecular weight is 1170 g/mol. The van der Waals surface area contributed by atoms with E-state index in [1.807, 2.05) is 0 Å². The molecule has 4 nitrogen and oxygen atoms in total. The summed E-state index contributed by atoms with van der Waals surface area (Å²) in [7, 11) is 0. The highest BCUT2D eigenvalue weighted by Gasteiger charge is 2.32.